The maximum atomic E-state index is 13.5. The Kier molecular flexibility index (Phi) is 6.88. The van der Waals surface area contributed by atoms with Crippen LogP contribution in [-0.4, -0.2) is 60.4 Å². The minimum Gasteiger partial charge on any atom is -0.344 e. The van der Waals surface area contributed by atoms with Crippen LogP contribution in [0.25, 0.3) is 0 Å². The Morgan fingerprint density at radius 2 is 1.89 bits per heavy atom. The molecule has 36 heavy (non-hydrogen) atoms. The second kappa shape index (κ2) is 9.43. The number of rotatable bonds is 5. The summed E-state index contributed by atoms with van der Waals surface area (Å²) in [5.41, 5.74) is 2.50. The fourth-order valence-corrected chi connectivity index (χ4v) is 10.1. The van der Waals surface area contributed by atoms with Gasteiger partial charge >= 0.3 is 0 Å². The number of carbonyl (C=O) groups excluding carboxylic acids is 2. The van der Waals surface area contributed by atoms with E-state index in [0.717, 1.165) is 49.0 Å². The molecular weight excluding hydrogens is 446 g/mol. The summed E-state index contributed by atoms with van der Waals surface area (Å²) in [6.07, 6.45) is 13.7. The Labute approximate surface area is 219 Å². The zero-order valence-electron chi connectivity index (χ0n) is 24.0. The van der Waals surface area contributed by atoms with E-state index in [1.165, 1.54) is 52.0 Å². The minimum atomic E-state index is -0.424. The molecule has 1 N–H and O–H groups in total. The van der Waals surface area contributed by atoms with E-state index in [4.69, 9.17) is 0 Å². The van der Waals surface area contributed by atoms with Crippen LogP contribution >= 0.6 is 0 Å². The standard InChI is InChI=1S/C31H51N3O2/c1-8-19(2)28(32-21(4)35)29(36)34(7)23-13-15-30(5)22(17-23)9-10-24-26(30)14-16-31-18-33(6)20(3)25(31)11-12-27(24)31/h9,19-20,23-28H,8,10-18H2,1-7H3,(H,32,35). The molecule has 10 atom stereocenters. The molecule has 0 radical (unpaired) electrons. The molecule has 0 aromatic rings. The lowest BCUT2D eigenvalue weighted by molar-refractivity contribution is -0.139. The van der Waals surface area contributed by atoms with Crippen LogP contribution in [0.3, 0.4) is 0 Å². The first kappa shape index (κ1) is 26.3. The highest BCUT2D eigenvalue weighted by Crippen LogP contribution is 2.68. The van der Waals surface area contributed by atoms with Crippen molar-refractivity contribution in [3.63, 3.8) is 0 Å². The van der Waals surface area contributed by atoms with Gasteiger partial charge in [-0.25, -0.2) is 0 Å². The highest BCUT2D eigenvalue weighted by atomic mass is 16.2. The average molecular weight is 498 g/mol. The van der Waals surface area contributed by atoms with Crippen molar-refractivity contribution < 1.29 is 9.59 Å². The molecule has 1 aliphatic heterocycles. The van der Waals surface area contributed by atoms with Crippen LogP contribution in [0.5, 0.6) is 0 Å². The molecule has 0 bridgehead atoms. The summed E-state index contributed by atoms with van der Waals surface area (Å²) in [7, 11) is 4.33. The molecule has 5 rings (SSSR count). The third-order valence-corrected chi connectivity index (χ3v) is 12.4. The first-order valence-electron chi connectivity index (χ1n) is 15.0. The number of nitrogens with zero attached hydrogens (tertiary/aromatic N) is 2. The molecule has 202 valence electrons. The lowest BCUT2D eigenvalue weighted by Crippen LogP contribution is -2.55. The number of fused-ring (bicyclic) bond motifs is 4. The second-order valence-electron chi connectivity index (χ2n) is 13.8. The fraction of sp³-hybridized carbons (Fsp3) is 0.871. The Bertz CT molecular complexity index is 915. The number of allylic oxidation sites excluding steroid dienone is 1. The van der Waals surface area contributed by atoms with E-state index in [2.05, 4.69) is 51.0 Å². The molecule has 5 aliphatic rings. The fourth-order valence-electron chi connectivity index (χ4n) is 10.1. The lowest BCUT2D eigenvalue weighted by atomic mass is 9.47. The summed E-state index contributed by atoms with van der Waals surface area (Å²) in [6.45, 7) is 12.0. The first-order chi connectivity index (χ1) is 17.0. The van der Waals surface area contributed by atoms with Gasteiger partial charge in [0.15, 0.2) is 0 Å². The molecular formula is C31H51N3O2. The molecule has 1 spiro atoms. The van der Waals surface area contributed by atoms with E-state index in [0.29, 0.717) is 10.8 Å². The van der Waals surface area contributed by atoms with Crippen molar-refractivity contribution in [3.8, 4) is 0 Å². The van der Waals surface area contributed by atoms with Crippen LogP contribution in [-0.2, 0) is 9.59 Å². The van der Waals surface area contributed by atoms with Crippen molar-refractivity contribution in [1.82, 2.24) is 15.1 Å². The van der Waals surface area contributed by atoms with Gasteiger partial charge in [-0.1, -0.05) is 38.8 Å². The largest absolute Gasteiger partial charge is 0.344 e. The monoisotopic (exact) mass is 497 g/mol. The predicted octanol–water partition coefficient (Wildman–Crippen LogP) is 5.26. The topological polar surface area (TPSA) is 52.7 Å². The van der Waals surface area contributed by atoms with E-state index in [9.17, 15) is 9.59 Å². The smallest absolute Gasteiger partial charge is 0.245 e. The van der Waals surface area contributed by atoms with Gasteiger partial charge in [0, 0.05) is 32.6 Å². The van der Waals surface area contributed by atoms with E-state index in [1.807, 2.05) is 11.9 Å². The van der Waals surface area contributed by atoms with E-state index in [-0.39, 0.29) is 23.8 Å². The predicted molar refractivity (Wildman–Crippen MR) is 145 cm³/mol. The highest BCUT2D eigenvalue weighted by molar-refractivity contribution is 5.87. The Hall–Kier alpha value is -1.36. The molecule has 5 heteroatoms. The van der Waals surface area contributed by atoms with E-state index in [1.54, 1.807) is 5.57 Å². The van der Waals surface area contributed by atoms with Gasteiger partial charge in [0.05, 0.1) is 0 Å². The van der Waals surface area contributed by atoms with Gasteiger partial charge in [-0.05, 0) is 106 Å². The van der Waals surface area contributed by atoms with Crippen molar-refractivity contribution in [1.29, 1.82) is 0 Å². The van der Waals surface area contributed by atoms with Gasteiger partial charge < -0.3 is 15.1 Å². The normalized spacial score (nSPS) is 43.4. The summed E-state index contributed by atoms with van der Waals surface area (Å²) in [4.78, 5) is 30.0. The van der Waals surface area contributed by atoms with Crippen LogP contribution in [0, 0.1) is 40.4 Å². The minimum absolute atomic E-state index is 0.0820. The third kappa shape index (κ3) is 3.89. The third-order valence-electron chi connectivity index (χ3n) is 12.4. The summed E-state index contributed by atoms with van der Waals surface area (Å²) in [5.74, 6) is 3.56. The highest BCUT2D eigenvalue weighted by Gasteiger charge is 2.64. The SMILES string of the molecule is CCC(C)C(NC(C)=O)C(=O)N(C)C1CCC2(C)C(=CCC3C2CCC24CN(C)C(C)C2CCC34)C1. The molecule has 1 saturated heterocycles. The van der Waals surface area contributed by atoms with Crippen molar-refractivity contribution in [2.45, 2.75) is 111 Å². The number of hydrogen-bond donors (Lipinski definition) is 1. The van der Waals surface area contributed by atoms with Crippen molar-refractivity contribution in [3.05, 3.63) is 11.6 Å². The lowest BCUT2D eigenvalue weighted by Gasteiger charge is -2.58. The quantitative estimate of drug-likeness (QED) is 0.527. The number of carbonyl (C=O) groups is 2. The van der Waals surface area contributed by atoms with Gasteiger partial charge in [0.1, 0.15) is 6.04 Å². The summed E-state index contributed by atoms with van der Waals surface area (Å²) < 4.78 is 0. The zero-order valence-corrected chi connectivity index (χ0v) is 24.0. The van der Waals surface area contributed by atoms with E-state index >= 15 is 0 Å². The summed E-state index contributed by atoms with van der Waals surface area (Å²) >= 11 is 0. The molecule has 4 aliphatic carbocycles. The van der Waals surface area contributed by atoms with Gasteiger partial charge in [-0.15, -0.1) is 0 Å². The molecule has 1 heterocycles. The van der Waals surface area contributed by atoms with Crippen molar-refractivity contribution >= 4 is 11.8 Å². The Morgan fingerprint density at radius 3 is 2.58 bits per heavy atom. The van der Waals surface area contributed by atoms with Gasteiger partial charge in [0.25, 0.3) is 0 Å². The van der Waals surface area contributed by atoms with Crippen LogP contribution in [0.15, 0.2) is 11.6 Å². The number of amides is 2. The molecule has 0 aromatic carbocycles. The van der Waals surface area contributed by atoms with Crippen LogP contribution in [0.4, 0.5) is 0 Å². The zero-order chi connectivity index (χ0) is 26.0. The summed E-state index contributed by atoms with van der Waals surface area (Å²) in [5, 5.41) is 2.95. The average Bonchev–Trinajstić information content (AvgIpc) is 3.34. The molecule has 2 amide bonds. The van der Waals surface area contributed by atoms with Crippen LogP contribution in [0.2, 0.25) is 0 Å². The first-order valence-corrected chi connectivity index (χ1v) is 15.0. The molecule has 5 nitrogen and oxygen atoms in total. The number of likely N-dealkylation sites (N-methyl/N-ethyl adjacent to an activating group) is 1. The van der Waals surface area contributed by atoms with Gasteiger partial charge in [-0.2, -0.15) is 0 Å². The van der Waals surface area contributed by atoms with E-state index < -0.39 is 6.04 Å². The van der Waals surface area contributed by atoms with Crippen LogP contribution < -0.4 is 5.32 Å². The maximum absolute atomic E-state index is 13.5. The second-order valence-corrected chi connectivity index (χ2v) is 13.8. The molecule has 0 aromatic heterocycles. The molecule has 3 saturated carbocycles. The van der Waals surface area contributed by atoms with Gasteiger partial charge in [0.2, 0.25) is 11.8 Å². The maximum Gasteiger partial charge on any atom is 0.245 e. The number of nitrogens with one attached hydrogen (secondary N) is 1. The Morgan fingerprint density at radius 1 is 1.17 bits per heavy atom. The number of likely N-dealkylation sites (tertiary alicyclic amines) is 1. The van der Waals surface area contributed by atoms with Crippen LogP contribution in [0.1, 0.15) is 92.4 Å². The number of hydrogen-bond acceptors (Lipinski definition) is 3. The molecule has 4 fully saturated rings. The molecule has 10 unspecified atom stereocenters. The van der Waals surface area contributed by atoms with Gasteiger partial charge in [-0.3, -0.25) is 9.59 Å². The summed E-state index contributed by atoms with van der Waals surface area (Å²) in [6, 6.07) is 0.563. The Balaban J connectivity index is 1.32. The van der Waals surface area contributed by atoms with Crippen molar-refractivity contribution in [2.24, 2.45) is 40.4 Å². The van der Waals surface area contributed by atoms with Crippen molar-refractivity contribution in [2.75, 3.05) is 20.6 Å².